The second-order valence-corrected chi connectivity index (χ2v) is 12.8. The monoisotopic (exact) mass is 526 g/mol. The van der Waals surface area contributed by atoms with Crippen LogP contribution >= 0.6 is 7.26 Å². The number of esters is 1. The molecule has 0 aromatic carbocycles. The summed E-state index contributed by atoms with van der Waals surface area (Å²) in [5.41, 5.74) is 0.521. The van der Waals surface area contributed by atoms with Crippen LogP contribution in [0.1, 0.15) is 105 Å². The molecule has 0 N–H and O–H groups in total. The predicted molar refractivity (Wildman–Crippen MR) is 125 cm³/mol. The highest BCUT2D eigenvalue weighted by atomic mass is 127. The van der Waals surface area contributed by atoms with Crippen LogP contribution in [0.25, 0.3) is 0 Å². The van der Waals surface area contributed by atoms with Crippen molar-refractivity contribution >= 4 is 13.2 Å². The van der Waals surface area contributed by atoms with E-state index in [2.05, 4.69) is 27.4 Å². The standard InChI is InChI=1S/C24H48O2P.HI/c1-6-9-12-15-19-27(20-16-13-10-7-2,21-17-14-11-8-3)22-18-26-24(25)23(4)5;/h4,6-22H2,1-3,5H3;1H/q+1;/p-1. The molecule has 0 atom stereocenters. The molecule has 2 nitrogen and oxygen atoms in total. The molecule has 0 fully saturated rings. The van der Waals surface area contributed by atoms with Crippen molar-refractivity contribution in [1.29, 1.82) is 0 Å². The zero-order valence-corrected chi connectivity index (χ0v) is 22.4. The van der Waals surface area contributed by atoms with Gasteiger partial charge >= 0.3 is 5.97 Å². The van der Waals surface area contributed by atoms with Crippen molar-refractivity contribution in [2.24, 2.45) is 0 Å². The molecule has 168 valence electrons. The number of rotatable bonds is 19. The summed E-state index contributed by atoms with van der Waals surface area (Å²) in [6.07, 6.45) is 21.6. The van der Waals surface area contributed by atoms with Gasteiger partial charge in [-0.25, -0.2) is 4.79 Å². The molecule has 4 heteroatoms. The summed E-state index contributed by atoms with van der Waals surface area (Å²) in [6.45, 7) is 12.9. The molecule has 0 radical (unpaired) electrons. The highest BCUT2D eigenvalue weighted by Crippen LogP contribution is 2.60. The van der Waals surface area contributed by atoms with Crippen LogP contribution in [-0.4, -0.2) is 37.2 Å². The summed E-state index contributed by atoms with van der Waals surface area (Å²) in [5.74, 6) is -0.212. The Morgan fingerprint density at radius 3 is 1.43 bits per heavy atom. The Balaban J connectivity index is 0. The maximum Gasteiger partial charge on any atom is 0.333 e. The van der Waals surface area contributed by atoms with E-state index in [1.807, 2.05) is 0 Å². The Bertz CT molecular complexity index is 354. The lowest BCUT2D eigenvalue weighted by atomic mass is 10.2. The van der Waals surface area contributed by atoms with Crippen molar-refractivity contribution in [2.75, 3.05) is 31.3 Å². The highest BCUT2D eigenvalue weighted by molar-refractivity contribution is 7.75. The summed E-state index contributed by atoms with van der Waals surface area (Å²) in [5, 5.41) is 0. The van der Waals surface area contributed by atoms with Crippen LogP contribution in [0, 0.1) is 0 Å². The minimum atomic E-state index is -1.01. The molecule has 0 amide bonds. The van der Waals surface area contributed by atoms with Gasteiger partial charge in [0.15, 0.2) is 0 Å². The van der Waals surface area contributed by atoms with Gasteiger partial charge in [-0.1, -0.05) is 65.9 Å². The first-order valence-electron chi connectivity index (χ1n) is 11.7. The van der Waals surface area contributed by atoms with Gasteiger partial charge in [-0.2, -0.15) is 0 Å². The van der Waals surface area contributed by atoms with E-state index in [-0.39, 0.29) is 29.9 Å². The van der Waals surface area contributed by atoms with Gasteiger partial charge in [-0.3, -0.25) is 0 Å². The van der Waals surface area contributed by atoms with Crippen LogP contribution in [0.5, 0.6) is 0 Å². The second-order valence-electron chi connectivity index (χ2n) is 8.33. The molecule has 0 saturated heterocycles. The zero-order chi connectivity index (χ0) is 20.4. The van der Waals surface area contributed by atoms with Gasteiger partial charge in [0, 0.05) is 12.8 Å². The maximum absolute atomic E-state index is 11.8. The highest BCUT2D eigenvalue weighted by Gasteiger charge is 2.35. The molecule has 0 rings (SSSR count). The van der Waals surface area contributed by atoms with Gasteiger partial charge < -0.3 is 28.7 Å². The van der Waals surface area contributed by atoms with Crippen LogP contribution in [0.4, 0.5) is 0 Å². The van der Waals surface area contributed by atoms with Gasteiger partial charge in [0.05, 0.1) is 24.6 Å². The number of hydrogen-bond acceptors (Lipinski definition) is 2. The fourth-order valence-electron chi connectivity index (χ4n) is 3.75. The fourth-order valence-corrected chi connectivity index (χ4v) is 8.25. The molecule has 0 aromatic heterocycles. The van der Waals surface area contributed by atoms with Crippen LogP contribution in [-0.2, 0) is 9.53 Å². The third kappa shape index (κ3) is 16.2. The summed E-state index contributed by atoms with van der Waals surface area (Å²) in [7, 11) is -1.01. The minimum Gasteiger partial charge on any atom is -1.00 e. The number of carbonyl (C=O) groups excluding carboxylic acids is 1. The number of hydrogen-bond donors (Lipinski definition) is 0. The molecule has 28 heavy (non-hydrogen) atoms. The molecule has 0 unspecified atom stereocenters. The third-order valence-corrected chi connectivity index (χ3v) is 10.5. The lowest BCUT2D eigenvalue weighted by Crippen LogP contribution is -3.00. The topological polar surface area (TPSA) is 26.3 Å². The Morgan fingerprint density at radius 2 is 1.11 bits per heavy atom. The third-order valence-electron chi connectivity index (χ3n) is 5.61. The number of unbranched alkanes of at least 4 members (excludes halogenated alkanes) is 9. The molecule has 0 aliphatic heterocycles. The van der Waals surface area contributed by atoms with Crippen molar-refractivity contribution in [1.82, 2.24) is 0 Å². The molecular weight excluding hydrogens is 478 g/mol. The predicted octanol–water partition coefficient (Wildman–Crippen LogP) is 4.87. The number of carbonyl (C=O) groups is 1. The number of halogens is 1. The first-order chi connectivity index (χ1) is 13.0. The van der Waals surface area contributed by atoms with E-state index in [1.165, 1.54) is 95.5 Å². The fraction of sp³-hybridized carbons (Fsp3) is 0.875. The summed E-state index contributed by atoms with van der Waals surface area (Å²) in [6, 6.07) is 0. The smallest absolute Gasteiger partial charge is 0.333 e. The molecule has 0 aromatic rings. The summed E-state index contributed by atoms with van der Waals surface area (Å²) >= 11 is 0. The Kier molecular flexibility index (Phi) is 22.5. The van der Waals surface area contributed by atoms with E-state index in [0.717, 1.165) is 6.16 Å². The minimum absolute atomic E-state index is 0. The van der Waals surface area contributed by atoms with Crippen molar-refractivity contribution < 1.29 is 33.5 Å². The lowest BCUT2D eigenvalue weighted by molar-refractivity contribution is -0.138. The summed E-state index contributed by atoms with van der Waals surface area (Å²) in [4.78, 5) is 11.8. The van der Waals surface area contributed by atoms with E-state index >= 15 is 0 Å². The molecule has 0 heterocycles. The largest absolute Gasteiger partial charge is 1.00 e. The lowest BCUT2D eigenvalue weighted by Gasteiger charge is -2.28. The second kappa shape index (κ2) is 20.6. The van der Waals surface area contributed by atoms with Crippen LogP contribution in [0.15, 0.2) is 12.2 Å². The van der Waals surface area contributed by atoms with Gasteiger partial charge in [0.25, 0.3) is 0 Å². The van der Waals surface area contributed by atoms with Crippen LogP contribution < -0.4 is 24.0 Å². The molecule has 0 aliphatic carbocycles. The van der Waals surface area contributed by atoms with Crippen molar-refractivity contribution in [3.63, 3.8) is 0 Å². The Hall–Kier alpha value is 0.370. The molecule has 0 saturated carbocycles. The number of ether oxygens (including phenoxy) is 1. The molecule has 0 aliphatic rings. The quantitative estimate of drug-likeness (QED) is 0.0790. The van der Waals surface area contributed by atoms with E-state index in [1.54, 1.807) is 6.92 Å². The maximum atomic E-state index is 11.8. The molecular formula is C24H48IO2P. The molecule has 0 bridgehead atoms. The van der Waals surface area contributed by atoms with Gasteiger partial charge in [-0.15, -0.1) is 0 Å². The van der Waals surface area contributed by atoms with E-state index in [4.69, 9.17) is 4.74 Å². The van der Waals surface area contributed by atoms with E-state index in [9.17, 15) is 4.79 Å². The normalized spacial score (nSPS) is 11.1. The van der Waals surface area contributed by atoms with Crippen molar-refractivity contribution in [2.45, 2.75) is 105 Å². The molecule has 0 spiro atoms. The van der Waals surface area contributed by atoms with Crippen LogP contribution in [0.2, 0.25) is 0 Å². The average Bonchev–Trinajstić information content (AvgIpc) is 2.65. The zero-order valence-electron chi connectivity index (χ0n) is 19.4. The van der Waals surface area contributed by atoms with Crippen LogP contribution in [0.3, 0.4) is 0 Å². The van der Waals surface area contributed by atoms with Gasteiger partial charge in [0.1, 0.15) is 6.61 Å². The van der Waals surface area contributed by atoms with Crippen molar-refractivity contribution in [3.8, 4) is 0 Å². The SMILES string of the molecule is C=C(C)C(=O)OCC[P+](CCCCCC)(CCCCCC)CCCCCC.[I-]. The van der Waals surface area contributed by atoms with Crippen molar-refractivity contribution in [3.05, 3.63) is 12.2 Å². The average molecular weight is 527 g/mol. The van der Waals surface area contributed by atoms with E-state index in [0.29, 0.717) is 12.2 Å². The Labute approximate surface area is 194 Å². The van der Waals surface area contributed by atoms with E-state index < -0.39 is 7.26 Å². The van der Waals surface area contributed by atoms with Gasteiger partial charge in [0.2, 0.25) is 0 Å². The van der Waals surface area contributed by atoms with Gasteiger partial charge in [-0.05, 0) is 45.4 Å². The first-order valence-corrected chi connectivity index (χ1v) is 14.2. The summed E-state index contributed by atoms with van der Waals surface area (Å²) < 4.78 is 5.53. The Morgan fingerprint density at radius 1 is 0.714 bits per heavy atom. The first kappa shape index (κ1) is 30.6.